The van der Waals surface area contributed by atoms with Crippen LogP contribution in [0.4, 0.5) is 0 Å². The third-order valence-electron chi connectivity index (χ3n) is 4.33. The number of benzene rings is 2. The van der Waals surface area contributed by atoms with Crippen molar-refractivity contribution in [3.63, 3.8) is 0 Å². The highest BCUT2D eigenvalue weighted by atomic mass is 35.5. The van der Waals surface area contributed by atoms with Gasteiger partial charge in [0.25, 0.3) is 0 Å². The zero-order valence-corrected chi connectivity index (χ0v) is 15.3. The zero-order chi connectivity index (χ0) is 18.4. The Morgan fingerprint density at radius 2 is 1.81 bits per heavy atom. The van der Waals surface area contributed by atoms with Crippen LogP contribution in [0.25, 0.3) is 0 Å². The lowest BCUT2D eigenvalue weighted by Crippen LogP contribution is -2.28. The van der Waals surface area contributed by atoms with Gasteiger partial charge in [0.05, 0.1) is 12.2 Å². The van der Waals surface area contributed by atoms with Gasteiger partial charge in [0.1, 0.15) is 6.33 Å². The van der Waals surface area contributed by atoms with Crippen molar-refractivity contribution in [2.24, 2.45) is 0 Å². The highest BCUT2D eigenvalue weighted by Gasteiger charge is 2.22. The smallest absolute Gasteiger partial charge is 0.223 e. The Morgan fingerprint density at radius 1 is 1.08 bits per heavy atom. The van der Waals surface area contributed by atoms with E-state index in [0.29, 0.717) is 18.0 Å². The average molecular weight is 366 g/mol. The Balaban J connectivity index is 1.82. The van der Waals surface area contributed by atoms with Gasteiger partial charge >= 0.3 is 0 Å². The van der Waals surface area contributed by atoms with E-state index in [-0.39, 0.29) is 11.8 Å². The lowest BCUT2D eigenvalue weighted by atomic mass is 9.88. The van der Waals surface area contributed by atoms with E-state index in [2.05, 4.69) is 9.97 Å². The van der Waals surface area contributed by atoms with Crippen LogP contribution in [-0.4, -0.2) is 27.8 Å². The summed E-state index contributed by atoms with van der Waals surface area (Å²) < 4.78 is 0. The van der Waals surface area contributed by atoms with Crippen LogP contribution in [0, 0.1) is 0 Å². The first-order chi connectivity index (χ1) is 12.6. The minimum atomic E-state index is -0.0924. The van der Waals surface area contributed by atoms with E-state index in [1.807, 2.05) is 60.7 Å². The van der Waals surface area contributed by atoms with Gasteiger partial charge in [0, 0.05) is 30.6 Å². The molecule has 4 nitrogen and oxygen atoms in total. The quantitative estimate of drug-likeness (QED) is 0.653. The number of carbonyl (C=O) groups is 1. The molecule has 0 N–H and O–H groups in total. The van der Waals surface area contributed by atoms with E-state index in [9.17, 15) is 4.79 Å². The molecule has 2 aromatic carbocycles. The SMILES string of the molecule is CN(Cc1ccncn1)C(=O)CC(c1ccccc1)c1ccccc1Cl. The molecule has 0 saturated carbocycles. The van der Waals surface area contributed by atoms with Crippen LogP contribution in [0.3, 0.4) is 0 Å². The second-order valence-electron chi connectivity index (χ2n) is 6.14. The number of halogens is 1. The van der Waals surface area contributed by atoms with Gasteiger partial charge in [-0.3, -0.25) is 4.79 Å². The Labute approximate surface area is 158 Å². The van der Waals surface area contributed by atoms with Crippen molar-refractivity contribution in [2.75, 3.05) is 7.05 Å². The molecule has 26 heavy (non-hydrogen) atoms. The first-order valence-corrected chi connectivity index (χ1v) is 8.81. The average Bonchev–Trinajstić information content (AvgIpc) is 2.68. The third-order valence-corrected chi connectivity index (χ3v) is 4.67. The summed E-state index contributed by atoms with van der Waals surface area (Å²) in [5.41, 5.74) is 2.85. The first kappa shape index (κ1) is 18.1. The molecule has 5 heteroatoms. The van der Waals surface area contributed by atoms with Crippen molar-refractivity contribution in [1.29, 1.82) is 0 Å². The molecule has 132 valence electrons. The maximum atomic E-state index is 12.9. The predicted molar refractivity (Wildman–Crippen MR) is 103 cm³/mol. The van der Waals surface area contributed by atoms with Crippen molar-refractivity contribution in [3.8, 4) is 0 Å². The van der Waals surface area contributed by atoms with Crippen LogP contribution in [0.1, 0.15) is 29.2 Å². The Morgan fingerprint density at radius 3 is 2.50 bits per heavy atom. The summed E-state index contributed by atoms with van der Waals surface area (Å²) in [4.78, 5) is 22.6. The van der Waals surface area contributed by atoms with Gasteiger partial charge in [-0.15, -0.1) is 0 Å². The van der Waals surface area contributed by atoms with Crippen molar-refractivity contribution < 1.29 is 4.79 Å². The van der Waals surface area contributed by atoms with E-state index < -0.39 is 0 Å². The molecule has 1 aromatic heterocycles. The number of amides is 1. The summed E-state index contributed by atoms with van der Waals surface area (Å²) in [7, 11) is 1.79. The van der Waals surface area contributed by atoms with E-state index in [1.165, 1.54) is 6.33 Å². The molecule has 0 spiro atoms. The number of hydrogen-bond donors (Lipinski definition) is 0. The number of aromatic nitrogens is 2. The number of carbonyl (C=O) groups excluding carboxylic acids is 1. The van der Waals surface area contributed by atoms with Crippen LogP contribution in [0.15, 0.2) is 73.2 Å². The molecule has 0 fully saturated rings. The monoisotopic (exact) mass is 365 g/mol. The van der Waals surface area contributed by atoms with Gasteiger partial charge < -0.3 is 4.90 Å². The molecule has 0 saturated heterocycles. The van der Waals surface area contributed by atoms with Crippen molar-refractivity contribution >= 4 is 17.5 Å². The minimum Gasteiger partial charge on any atom is -0.340 e. The van der Waals surface area contributed by atoms with Crippen LogP contribution < -0.4 is 0 Å². The summed E-state index contributed by atoms with van der Waals surface area (Å²) in [6, 6.07) is 19.5. The largest absolute Gasteiger partial charge is 0.340 e. The fraction of sp³-hybridized carbons (Fsp3) is 0.190. The van der Waals surface area contributed by atoms with Crippen molar-refractivity contribution in [3.05, 3.63) is 95.0 Å². The Hall–Kier alpha value is -2.72. The lowest BCUT2D eigenvalue weighted by molar-refractivity contribution is -0.130. The fourth-order valence-corrected chi connectivity index (χ4v) is 3.19. The van der Waals surface area contributed by atoms with E-state index in [4.69, 9.17) is 11.6 Å². The Kier molecular flexibility index (Phi) is 5.97. The summed E-state index contributed by atoms with van der Waals surface area (Å²) in [5.74, 6) is -0.0531. The van der Waals surface area contributed by atoms with Crippen LogP contribution in [-0.2, 0) is 11.3 Å². The molecule has 0 aliphatic rings. The van der Waals surface area contributed by atoms with Gasteiger partial charge in [-0.2, -0.15) is 0 Å². The zero-order valence-electron chi connectivity index (χ0n) is 14.5. The molecule has 0 bridgehead atoms. The van der Waals surface area contributed by atoms with Gasteiger partial charge in [-0.05, 0) is 23.3 Å². The molecule has 0 aliphatic carbocycles. The minimum absolute atomic E-state index is 0.0392. The fourth-order valence-electron chi connectivity index (χ4n) is 2.92. The molecule has 3 rings (SSSR count). The maximum absolute atomic E-state index is 12.9. The highest BCUT2D eigenvalue weighted by molar-refractivity contribution is 6.31. The Bertz CT molecular complexity index is 855. The highest BCUT2D eigenvalue weighted by Crippen LogP contribution is 2.33. The number of hydrogen-bond acceptors (Lipinski definition) is 3. The molecule has 0 aliphatic heterocycles. The van der Waals surface area contributed by atoms with Gasteiger partial charge in [0.2, 0.25) is 5.91 Å². The lowest BCUT2D eigenvalue weighted by Gasteiger charge is -2.23. The second kappa shape index (κ2) is 8.59. The molecule has 1 atom stereocenters. The molecular weight excluding hydrogens is 346 g/mol. The standard InChI is InChI=1S/C21H20ClN3O/c1-25(14-17-11-12-23-15-24-17)21(26)13-19(16-7-3-2-4-8-16)18-9-5-6-10-20(18)22/h2-12,15,19H,13-14H2,1H3. The topological polar surface area (TPSA) is 46.1 Å². The van der Waals surface area contributed by atoms with E-state index >= 15 is 0 Å². The molecule has 3 aromatic rings. The summed E-state index contributed by atoms with van der Waals surface area (Å²) >= 11 is 6.42. The molecule has 1 heterocycles. The van der Waals surface area contributed by atoms with Crippen LogP contribution in [0.2, 0.25) is 5.02 Å². The van der Waals surface area contributed by atoms with Gasteiger partial charge in [-0.25, -0.2) is 9.97 Å². The maximum Gasteiger partial charge on any atom is 0.223 e. The van der Waals surface area contributed by atoms with E-state index in [1.54, 1.807) is 18.1 Å². The van der Waals surface area contributed by atoms with Gasteiger partial charge in [0.15, 0.2) is 0 Å². The summed E-state index contributed by atoms with van der Waals surface area (Å²) in [5, 5.41) is 0.674. The molecule has 1 unspecified atom stereocenters. The molecule has 1 amide bonds. The number of rotatable bonds is 6. The van der Waals surface area contributed by atoms with Gasteiger partial charge in [-0.1, -0.05) is 60.1 Å². The van der Waals surface area contributed by atoms with E-state index in [0.717, 1.165) is 16.8 Å². The molecule has 0 radical (unpaired) electrons. The predicted octanol–water partition coefficient (Wildman–Crippen LogP) is 4.31. The summed E-state index contributed by atoms with van der Waals surface area (Å²) in [6.07, 6.45) is 3.51. The van der Waals surface area contributed by atoms with Crippen molar-refractivity contribution in [2.45, 2.75) is 18.9 Å². The van der Waals surface area contributed by atoms with Crippen LogP contribution in [0.5, 0.6) is 0 Å². The first-order valence-electron chi connectivity index (χ1n) is 8.43. The van der Waals surface area contributed by atoms with Crippen molar-refractivity contribution in [1.82, 2.24) is 14.9 Å². The van der Waals surface area contributed by atoms with Crippen LogP contribution >= 0.6 is 11.6 Å². The summed E-state index contributed by atoms with van der Waals surface area (Å²) in [6.45, 7) is 0.450. The second-order valence-corrected chi connectivity index (χ2v) is 6.55. The molecular formula is C21H20ClN3O. The number of nitrogens with zero attached hydrogens (tertiary/aromatic N) is 3. The third kappa shape index (κ3) is 4.46. The normalized spacial score (nSPS) is 11.8.